The molecule has 0 radical (unpaired) electrons. The average molecular weight is 287 g/mol. The van der Waals surface area contributed by atoms with E-state index < -0.39 is 0 Å². The monoisotopic (exact) mass is 286 g/mol. The minimum atomic E-state index is -0.0889. The molecule has 1 rings (SSSR count). The molecule has 0 aromatic carbocycles. The van der Waals surface area contributed by atoms with Crippen LogP contribution in [0.3, 0.4) is 0 Å². The van der Waals surface area contributed by atoms with Gasteiger partial charge in [-0.3, -0.25) is 4.79 Å². The van der Waals surface area contributed by atoms with Crippen LogP contribution in [0.25, 0.3) is 0 Å². The zero-order chi connectivity index (χ0) is 14.3. The maximum atomic E-state index is 12.2. The Hall–Kier alpha value is -1.00. The first-order valence-corrected chi connectivity index (χ1v) is 7.27. The zero-order valence-corrected chi connectivity index (χ0v) is 12.7. The van der Waals surface area contributed by atoms with E-state index in [4.69, 9.17) is 16.0 Å². The number of rotatable bonds is 8. The van der Waals surface area contributed by atoms with Gasteiger partial charge in [0.05, 0.1) is 0 Å². The molecule has 0 aliphatic heterocycles. The van der Waals surface area contributed by atoms with Gasteiger partial charge in [-0.2, -0.15) is 0 Å². The SMILES string of the molecule is CCN(CC)CCCN(CC)C(=O)c1ccc(Cl)o1. The van der Waals surface area contributed by atoms with E-state index in [9.17, 15) is 4.79 Å². The standard InChI is InChI=1S/C14H23ClN2O2/c1-4-16(5-2)10-7-11-17(6-3)14(18)12-8-9-13(15)19-12/h8-9H,4-7,10-11H2,1-3H3. The third kappa shape index (κ3) is 4.88. The quantitative estimate of drug-likeness (QED) is 0.737. The predicted octanol–water partition coefficient (Wildman–Crippen LogP) is 3.13. The molecular weight excluding hydrogens is 264 g/mol. The van der Waals surface area contributed by atoms with E-state index in [1.807, 2.05) is 6.92 Å². The third-order valence-electron chi connectivity index (χ3n) is 3.25. The summed E-state index contributed by atoms with van der Waals surface area (Å²) in [6.45, 7) is 10.8. The Labute approximate surface area is 120 Å². The van der Waals surface area contributed by atoms with E-state index in [0.29, 0.717) is 12.3 Å². The molecule has 1 aromatic heterocycles. The number of amides is 1. The lowest BCUT2D eigenvalue weighted by Gasteiger charge is -2.22. The van der Waals surface area contributed by atoms with Gasteiger partial charge >= 0.3 is 0 Å². The Morgan fingerprint density at radius 1 is 1.16 bits per heavy atom. The first-order valence-electron chi connectivity index (χ1n) is 6.89. The van der Waals surface area contributed by atoms with E-state index in [-0.39, 0.29) is 11.1 Å². The lowest BCUT2D eigenvalue weighted by atomic mass is 10.3. The minimum absolute atomic E-state index is 0.0889. The first-order chi connectivity index (χ1) is 9.12. The zero-order valence-electron chi connectivity index (χ0n) is 12.0. The van der Waals surface area contributed by atoms with Crippen molar-refractivity contribution in [2.75, 3.05) is 32.7 Å². The van der Waals surface area contributed by atoms with Crippen LogP contribution >= 0.6 is 11.6 Å². The van der Waals surface area contributed by atoms with Gasteiger partial charge in [-0.1, -0.05) is 13.8 Å². The fraction of sp³-hybridized carbons (Fsp3) is 0.643. The molecule has 1 aromatic rings. The summed E-state index contributed by atoms with van der Waals surface area (Å²) in [7, 11) is 0. The lowest BCUT2D eigenvalue weighted by Crippen LogP contribution is -2.34. The second-order valence-electron chi connectivity index (χ2n) is 4.37. The Balaban J connectivity index is 2.47. The highest BCUT2D eigenvalue weighted by Gasteiger charge is 2.17. The molecule has 0 fully saturated rings. The van der Waals surface area contributed by atoms with Crippen molar-refractivity contribution < 1.29 is 9.21 Å². The van der Waals surface area contributed by atoms with E-state index in [2.05, 4.69) is 18.7 Å². The van der Waals surface area contributed by atoms with E-state index in [0.717, 1.165) is 32.6 Å². The summed E-state index contributed by atoms with van der Waals surface area (Å²) in [6.07, 6.45) is 0.968. The van der Waals surface area contributed by atoms with Crippen LogP contribution in [0, 0.1) is 0 Å². The molecule has 108 valence electrons. The Morgan fingerprint density at radius 2 is 1.84 bits per heavy atom. The molecule has 0 N–H and O–H groups in total. The summed E-state index contributed by atoms with van der Waals surface area (Å²) >= 11 is 5.69. The lowest BCUT2D eigenvalue weighted by molar-refractivity contribution is 0.0725. The van der Waals surface area contributed by atoms with Crippen LogP contribution in [0.15, 0.2) is 16.5 Å². The van der Waals surface area contributed by atoms with Crippen LogP contribution < -0.4 is 0 Å². The summed E-state index contributed by atoms with van der Waals surface area (Å²) in [6, 6.07) is 3.22. The van der Waals surface area contributed by atoms with Crippen LogP contribution in [-0.4, -0.2) is 48.4 Å². The molecule has 19 heavy (non-hydrogen) atoms. The second-order valence-corrected chi connectivity index (χ2v) is 4.74. The first kappa shape index (κ1) is 16.1. The summed E-state index contributed by atoms with van der Waals surface area (Å²) in [5.41, 5.74) is 0. The molecule has 0 unspecified atom stereocenters. The minimum Gasteiger partial charge on any atom is -0.440 e. The van der Waals surface area contributed by atoms with E-state index in [1.165, 1.54) is 0 Å². The number of nitrogens with zero attached hydrogens (tertiary/aromatic N) is 2. The molecule has 0 saturated carbocycles. The number of halogens is 1. The van der Waals surface area contributed by atoms with Crippen molar-refractivity contribution >= 4 is 17.5 Å². The van der Waals surface area contributed by atoms with Gasteiger partial charge in [0, 0.05) is 13.1 Å². The van der Waals surface area contributed by atoms with Gasteiger partial charge in [0.15, 0.2) is 11.0 Å². The van der Waals surface area contributed by atoms with Crippen molar-refractivity contribution in [3.05, 3.63) is 23.1 Å². The van der Waals surface area contributed by atoms with E-state index >= 15 is 0 Å². The summed E-state index contributed by atoms with van der Waals surface area (Å²) in [5, 5.41) is 0.252. The molecule has 4 nitrogen and oxygen atoms in total. The van der Waals surface area contributed by atoms with Crippen molar-refractivity contribution in [1.29, 1.82) is 0 Å². The van der Waals surface area contributed by atoms with Crippen LogP contribution in [0.2, 0.25) is 5.22 Å². The molecule has 0 bridgehead atoms. The third-order valence-corrected chi connectivity index (χ3v) is 3.45. The Kier molecular flexibility index (Phi) is 6.95. The van der Waals surface area contributed by atoms with Gasteiger partial charge < -0.3 is 14.2 Å². The smallest absolute Gasteiger partial charge is 0.289 e. The molecule has 1 amide bonds. The van der Waals surface area contributed by atoms with Crippen molar-refractivity contribution in [3.63, 3.8) is 0 Å². The van der Waals surface area contributed by atoms with Gasteiger partial charge in [0.25, 0.3) is 5.91 Å². The van der Waals surface area contributed by atoms with Gasteiger partial charge in [-0.25, -0.2) is 0 Å². The van der Waals surface area contributed by atoms with Crippen molar-refractivity contribution in [1.82, 2.24) is 9.80 Å². The average Bonchev–Trinajstić information content (AvgIpc) is 2.85. The summed E-state index contributed by atoms with van der Waals surface area (Å²) < 4.78 is 5.16. The highest BCUT2D eigenvalue weighted by molar-refractivity contribution is 6.29. The highest BCUT2D eigenvalue weighted by atomic mass is 35.5. The maximum absolute atomic E-state index is 12.2. The normalized spacial score (nSPS) is 11.0. The molecule has 1 heterocycles. The van der Waals surface area contributed by atoms with Crippen molar-refractivity contribution in [2.24, 2.45) is 0 Å². The van der Waals surface area contributed by atoms with Crippen LogP contribution in [0.5, 0.6) is 0 Å². The van der Waals surface area contributed by atoms with E-state index in [1.54, 1.807) is 17.0 Å². The van der Waals surface area contributed by atoms with Gasteiger partial charge in [-0.05, 0) is 56.7 Å². The molecule has 0 saturated heterocycles. The number of hydrogen-bond donors (Lipinski definition) is 0. The second kappa shape index (κ2) is 8.23. The topological polar surface area (TPSA) is 36.7 Å². The Bertz CT molecular complexity index is 389. The van der Waals surface area contributed by atoms with Crippen molar-refractivity contribution in [3.8, 4) is 0 Å². The molecule has 0 aliphatic carbocycles. The van der Waals surface area contributed by atoms with Crippen molar-refractivity contribution in [2.45, 2.75) is 27.2 Å². The van der Waals surface area contributed by atoms with Gasteiger partial charge in [0.2, 0.25) is 0 Å². The largest absolute Gasteiger partial charge is 0.440 e. The summed E-state index contributed by atoms with van der Waals surface area (Å²) in [5.74, 6) is 0.226. The van der Waals surface area contributed by atoms with Gasteiger partial charge in [-0.15, -0.1) is 0 Å². The fourth-order valence-electron chi connectivity index (χ4n) is 2.01. The summed E-state index contributed by atoms with van der Waals surface area (Å²) in [4.78, 5) is 16.3. The highest BCUT2D eigenvalue weighted by Crippen LogP contribution is 2.15. The van der Waals surface area contributed by atoms with Gasteiger partial charge in [0.1, 0.15) is 0 Å². The molecule has 0 atom stereocenters. The van der Waals surface area contributed by atoms with Crippen LogP contribution in [0.4, 0.5) is 0 Å². The number of furan rings is 1. The number of hydrogen-bond acceptors (Lipinski definition) is 3. The molecule has 0 spiro atoms. The van der Waals surface area contributed by atoms with Crippen LogP contribution in [0.1, 0.15) is 37.7 Å². The molecule has 0 aliphatic rings. The Morgan fingerprint density at radius 3 is 2.32 bits per heavy atom. The van der Waals surface area contributed by atoms with Crippen LogP contribution in [-0.2, 0) is 0 Å². The maximum Gasteiger partial charge on any atom is 0.289 e. The molecule has 5 heteroatoms. The predicted molar refractivity (Wildman–Crippen MR) is 77.7 cm³/mol. The number of carbonyl (C=O) groups excluding carboxylic acids is 1. The molecular formula is C14H23ClN2O2. The number of carbonyl (C=O) groups is 1. The fourth-order valence-corrected chi connectivity index (χ4v) is 2.16.